The third kappa shape index (κ3) is 2.92. The molecule has 0 bridgehead atoms. The summed E-state index contributed by atoms with van der Waals surface area (Å²) >= 11 is 3.35. The monoisotopic (exact) mass is 285 g/mol. The maximum Gasteiger partial charge on any atom is 0.237 e. The van der Waals surface area contributed by atoms with Crippen LogP contribution in [0.5, 0.6) is 0 Å². The van der Waals surface area contributed by atoms with Crippen molar-refractivity contribution in [3.63, 3.8) is 0 Å². The zero-order chi connectivity index (χ0) is 12.9. The van der Waals surface area contributed by atoms with Crippen molar-refractivity contribution in [2.75, 3.05) is 0 Å². The Morgan fingerprint density at radius 3 is 2.32 bits per heavy atom. The highest BCUT2D eigenvalue weighted by molar-refractivity contribution is 7.13. The van der Waals surface area contributed by atoms with Crippen LogP contribution in [0.4, 0.5) is 0 Å². The van der Waals surface area contributed by atoms with Crippen molar-refractivity contribution in [3.8, 4) is 10.8 Å². The van der Waals surface area contributed by atoms with Gasteiger partial charge < -0.3 is 4.42 Å². The SMILES string of the molecule is c1ccsc1.c1csc(-c2nc3ccccc3o2)c1. The molecule has 3 aromatic heterocycles. The molecule has 0 saturated heterocycles. The third-order valence-corrected chi connectivity index (χ3v) is 3.94. The fourth-order valence-corrected chi connectivity index (χ4v) is 2.71. The van der Waals surface area contributed by atoms with Crippen molar-refractivity contribution in [2.45, 2.75) is 0 Å². The second-order valence-electron chi connectivity index (χ2n) is 3.76. The van der Waals surface area contributed by atoms with Crippen LogP contribution in [0.1, 0.15) is 0 Å². The van der Waals surface area contributed by atoms with Crippen LogP contribution < -0.4 is 0 Å². The van der Waals surface area contributed by atoms with E-state index >= 15 is 0 Å². The maximum atomic E-state index is 5.61. The van der Waals surface area contributed by atoms with Gasteiger partial charge in [0.15, 0.2) is 5.58 Å². The van der Waals surface area contributed by atoms with E-state index in [1.165, 1.54) is 0 Å². The fourth-order valence-electron chi connectivity index (χ4n) is 1.60. The molecule has 0 N–H and O–H groups in total. The van der Waals surface area contributed by atoms with E-state index in [1.807, 2.05) is 64.7 Å². The summed E-state index contributed by atoms with van der Waals surface area (Å²) in [6, 6.07) is 15.8. The number of hydrogen-bond donors (Lipinski definition) is 0. The Hall–Kier alpha value is -1.91. The minimum Gasteiger partial charge on any atom is -0.435 e. The molecule has 4 rings (SSSR count). The first-order chi connectivity index (χ1) is 9.43. The molecule has 3 heterocycles. The van der Waals surface area contributed by atoms with E-state index in [4.69, 9.17) is 4.42 Å². The number of rotatable bonds is 1. The van der Waals surface area contributed by atoms with Crippen molar-refractivity contribution >= 4 is 33.8 Å². The van der Waals surface area contributed by atoms with Crippen LogP contribution in [0.3, 0.4) is 0 Å². The van der Waals surface area contributed by atoms with Gasteiger partial charge in [0.05, 0.1) is 4.88 Å². The fraction of sp³-hybridized carbons (Fsp3) is 0. The number of benzene rings is 1. The molecule has 0 amide bonds. The van der Waals surface area contributed by atoms with Crippen molar-refractivity contribution in [3.05, 3.63) is 64.7 Å². The summed E-state index contributed by atoms with van der Waals surface area (Å²) in [5.74, 6) is 0.709. The average molecular weight is 285 g/mol. The highest BCUT2D eigenvalue weighted by atomic mass is 32.1. The first-order valence-corrected chi connectivity index (χ1v) is 7.62. The summed E-state index contributed by atoms with van der Waals surface area (Å²) in [7, 11) is 0. The Morgan fingerprint density at radius 2 is 1.68 bits per heavy atom. The van der Waals surface area contributed by atoms with Crippen LogP contribution >= 0.6 is 22.7 Å². The van der Waals surface area contributed by atoms with Crippen LogP contribution in [0.2, 0.25) is 0 Å². The van der Waals surface area contributed by atoms with Crippen LogP contribution in [-0.4, -0.2) is 4.98 Å². The minimum atomic E-state index is 0.709. The van der Waals surface area contributed by atoms with E-state index in [9.17, 15) is 0 Å². The van der Waals surface area contributed by atoms with Gasteiger partial charge in [-0.3, -0.25) is 0 Å². The average Bonchev–Trinajstić information content (AvgIpc) is 3.20. The third-order valence-electron chi connectivity index (χ3n) is 2.45. The summed E-state index contributed by atoms with van der Waals surface area (Å²) in [5, 5.41) is 6.10. The standard InChI is InChI=1S/C11H7NOS.C4H4S/c1-2-5-9-8(4-1)12-11(13-9)10-6-3-7-14-10;1-2-4-5-3-1/h1-7H;1-4H. The highest BCUT2D eigenvalue weighted by Gasteiger charge is 2.07. The van der Waals surface area contributed by atoms with Gasteiger partial charge in [0.25, 0.3) is 0 Å². The molecule has 0 atom stereocenters. The lowest BCUT2D eigenvalue weighted by Crippen LogP contribution is -1.68. The van der Waals surface area contributed by atoms with Gasteiger partial charge in [-0.15, -0.1) is 11.3 Å². The molecule has 2 nitrogen and oxygen atoms in total. The lowest BCUT2D eigenvalue weighted by atomic mass is 10.3. The Morgan fingerprint density at radius 1 is 0.842 bits per heavy atom. The van der Waals surface area contributed by atoms with E-state index in [0.717, 1.165) is 16.0 Å². The summed E-state index contributed by atoms with van der Waals surface area (Å²) in [5.41, 5.74) is 1.76. The quantitative estimate of drug-likeness (QED) is 0.474. The number of aromatic nitrogens is 1. The largest absolute Gasteiger partial charge is 0.435 e. The van der Waals surface area contributed by atoms with Crippen LogP contribution in [0.25, 0.3) is 21.9 Å². The molecule has 0 aliphatic rings. The zero-order valence-corrected chi connectivity index (χ0v) is 11.7. The Balaban J connectivity index is 0.000000187. The number of para-hydroxylation sites is 2. The molecule has 0 unspecified atom stereocenters. The molecule has 0 aliphatic heterocycles. The van der Waals surface area contributed by atoms with E-state index in [-0.39, 0.29) is 0 Å². The first kappa shape index (κ1) is 12.1. The number of nitrogens with zero attached hydrogens (tertiary/aromatic N) is 1. The van der Waals surface area contributed by atoms with Gasteiger partial charge in [-0.25, -0.2) is 4.98 Å². The number of oxazole rings is 1. The minimum absolute atomic E-state index is 0.709. The van der Waals surface area contributed by atoms with Gasteiger partial charge in [0, 0.05) is 0 Å². The molecule has 4 aromatic rings. The topological polar surface area (TPSA) is 26.0 Å². The van der Waals surface area contributed by atoms with E-state index in [1.54, 1.807) is 22.7 Å². The molecular weight excluding hydrogens is 274 g/mol. The summed E-state index contributed by atoms with van der Waals surface area (Å²) in [4.78, 5) is 5.47. The second kappa shape index (κ2) is 5.82. The van der Waals surface area contributed by atoms with Gasteiger partial charge in [0.1, 0.15) is 5.52 Å². The highest BCUT2D eigenvalue weighted by Crippen LogP contribution is 2.27. The smallest absolute Gasteiger partial charge is 0.237 e. The molecule has 0 aliphatic carbocycles. The summed E-state index contributed by atoms with van der Waals surface area (Å²) in [6.07, 6.45) is 0. The van der Waals surface area contributed by atoms with Gasteiger partial charge in [-0.1, -0.05) is 30.3 Å². The maximum absolute atomic E-state index is 5.61. The number of hydrogen-bond acceptors (Lipinski definition) is 4. The van der Waals surface area contributed by atoms with E-state index in [2.05, 4.69) is 4.98 Å². The number of thiophene rings is 2. The predicted octanol–water partition coefficient (Wildman–Crippen LogP) is 5.30. The van der Waals surface area contributed by atoms with E-state index in [0.29, 0.717) is 5.89 Å². The Bertz CT molecular complexity index is 676. The Labute approximate surface area is 119 Å². The molecule has 0 fully saturated rings. The van der Waals surface area contributed by atoms with Gasteiger partial charge >= 0.3 is 0 Å². The van der Waals surface area contributed by atoms with Crippen molar-refractivity contribution < 1.29 is 4.42 Å². The normalized spacial score (nSPS) is 10.1. The second-order valence-corrected chi connectivity index (χ2v) is 5.52. The lowest BCUT2D eigenvalue weighted by molar-refractivity contribution is 0.621. The van der Waals surface area contributed by atoms with Crippen molar-refractivity contribution in [2.24, 2.45) is 0 Å². The van der Waals surface area contributed by atoms with Gasteiger partial charge in [-0.2, -0.15) is 11.3 Å². The first-order valence-electron chi connectivity index (χ1n) is 5.80. The van der Waals surface area contributed by atoms with Crippen LogP contribution in [-0.2, 0) is 0 Å². The van der Waals surface area contributed by atoms with Gasteiger partial charge in [-0.05, 0) is 34.3 Å². The molecule has 0 saturated carbocycles. The summed E-state index contributed by atoms with van der Waals surface area (Å²) in [6.45, 7) is 0. The van der Waals surface area contributed by atoms with Crippen molar-refractivity contribution in [1.82, 2.24) is 4.98 Å². The molecule has 19 heavy (non-hydrogen) atoms. The molecule has 0 radical (unpaired) electrons. The van der Waals surface area contributed by atoms with Crippen LogP contribution in [0.15, 0.2) is 69.1 Å². The predicted molar refractivity (Wildman–Crippen MR) is 81.6 cm³/mol. The lowest BCUT2D eigenvalue weighted by Gasteiger charge is -1.84. The molecule has 0 spiro atoms. The van der Waals surface area contributed by atoms with E-state index < -0.39 is 0 Å². The molecule has 4 heteroatoms. The molecular formula is C15H11NOS2. The van der Waals surface area contributed by atoms with Crippen molar-refractivity contribution in [1.29, 1.82) is 0 Å². The zero-order valence-electron chi connectivity index (χ0n) is 10.0. The molecule has 1 aromatic carbocycles. The molecule has 94 valence electrons. The summed E-state index contributed by atoms with van der Waals surface area (Å²) < 4.78 is 5.61. The van der Waals surface area contributed by atoms with Gasteiger partial charge in [0.2, 0.25) is 5.89 Å². The van der Waals surface area contributed by atoms with Crippen LogP contribution in [0, 0.1) is 0 Å². The number of fused-ring (bicyclic) bond motifs is 1. The Kier molecular flexibility index (Phi) is 3.72.